The van der Waals surface area contributed by atoms with Crippen molar-refractivity contribution in [1.29, 1.82) is 0 Å². The van der Waals surface area contributed by atoms with Crippen molar-refractivity contribution < 1.29 is 19.2 Å². The fraction of sp³-hybridized carbons (Fsp3) is 0.111. The molecule has 0 spiro atoms. The maximum Gasteiger partial charge on any atom is 0.277 e. The van der Waals surface area contributed by atoms with Crippen LogP contribution in [0.1, 0.15) is 0 Å². The summed E-state index contributed by atoms with van der Waals surface area (Å²) in [5, 5.41) is 0. The van der Waals surface area contributed by atoms with Crippen LogP contribution in [-0.2, 0) is 19.2 Å². The van der Waals surface area contributed by atoms with E-state index in [-0.39, 0.29) is 5.70 Å². The van der Waals surface area contributed by atoms with Crippen LogP contribution in [0.15, 0.2) is 23.9 Å². The number of carbonyl (C=O) groups is 4. The molecule has 0 fully saturated rings. The lowest BCUT2D eigenvalue weighted by molar-refractivity contribution is -0.141. The van der Waals surface area contributed by atoms with E-state index in [1.165, 1.54) is 7.05 Å². The normalized spacial score (nSPS) is 20.7. The Hall–Kier alpha value is -2.24. The SMILES string of the molecule is CN1C(=O)C=C(N2C(=O)C=CC2=O)C1=O. The molecule has 0 N–H and O–H groups in total. The Morgan fingerprint density at radius 3 is 1.87 bits per heavy atom. The van der Waals surface area contributed by atoms with Gasteiger partial charge in [0, 0.05) is 25.3 Å². The van der Waals surface area contributed by atoms with E-state index < -0.39 is 23.6 Å². The molecule has 0 radical (unpaired) electrons. The van der Waals surface area contributed by atoms with Gasteiger partial charge >= 0.3 is 0 Å². The molecule has 0 aromatic rings. The minimum atomic E-state index is -0.648. The largest absolute Gasteiger partial charge is 0.277 e. The number of imide groups is 2. The number of likely N-dealkylation sites (N-methyl/N-ethyl adjacent to an activating group) is 1. The number of nitrogens with zero attached hydrogens (tertiary/aromatic N) is 2. The first-order valence-electron chi connectivity index (χ1n) is 4.12. The van der Waals surface area contributed by atoms with Crippen molar-refractivity contribution in [3.05, 3.63) is 23.9 Å². The Kier molecular flexibility index (Phi) is 1.79. The fourth-order valence-electron chi connectivity index (χ4n) is 1.35. The topological polar surface area (TPSA) is 74.8 Å². The zero-order valence-electron chi connectivity index (χ0n) is 7.76. The summed E-state index contributed by atoms with van der Waals surface area (Å²) in [4.78, 5) is 46.6. The molecule has 0 aromatic carbocycles. The number of carbonyl (C=O) groups excluding carboxylic acids is 4. The molecule has 0 atom stereocenters. The van der Waals surface area contributed by atoms with E-state index in [0.29, 0.717) is 4.90 Å². The Morgan fingerprint density at radius 2 is 1.47 bits per heavy atom. The summed E-state index contributed by atoms with van der Waals surface area (Å²) in [6.07, 6.45) is 3.09. The molecule has 6 heteroatoms. The molecule has 0 unspecified atom stereocenters. The molecule has 0 aliphatic carbocycles. The van der Waals surface area contributed by atoms with Crippen LogP contribution in [-0.4, -0.2) is 40.5 Å². The molecule has 0 saturated heterocycles. The Balaban J connectivity index is 2.38. The highest BCUT2D eigenvalue weighted by Crippen LogP contribution is 2.19. The number of hydrogen-bond donors (Lipinski definition) is 0. The summed E-state index contributed by atoms with van der Waals surface area (Å²) in [6, 6.07) is 0. The highest BCUT2D eigenvalue weighted by molar-refractivity contribution is 6.23. The van der Waals surface area contributed by atoms with Crippen LogP contribution in [0.3, 0.4) is 0 Å². The van der Waals surface area contributed by atoms with Gasteiger partial charge in [0.15, 0.2) is 0 Å². The van der Waals surface area contributed by atoms with Crippen LogP contribution >= 0.6 is 0 Å². The van der Waals surface area contributed by atoms with Crippen molar-refractivity contribution in [2.24, 2.45) is 0 Å². The molecule has 15 heavy (non-hydrogen) atoms. The van der Waals surface area contributed by atoms with Crippen molar-refractivity contribution in [1.82, 2.24) is 9.80 Å². The van der Waals surface area contributed by atoms with E-state index in [9.17, 15) is 19.2 Å². The molecule has 4 amide bonds. The van der Waals surface area contributed by atoms with Gasteiger partial charge in [-0.3, -0.25) is 24.1 Å². The summed E-state index contributed by atoms with van der Waals surface area (Å²) in [6.45, 7) is 0. The van der Waals surface area contributed by atoms with Gasteiger partial charge in [-0.2, -0.15) is 0 Å². The molecule has 76 valence electrons. The Morgan fingerprint density at radius 1 is 0.933 bits per heavy atom. The van der Waals surface area contributed by atoms with Gasteiger partial charge in [0.05, 0.1) is 0 Å². The number of rotatable bonds is 1. The molecule has 2 heterocycles. The van der Waals surface area contributed by atoms with Crippen LogP contribution in [0.5, 0.6) is 0 Å². The summed E-state index contributed by atoms with van der Waals surface area (Å²) in [7, 11) is 1.28. The third-order valence-corrected chi connectivity index (χ3v) is 2.16. The lowest BCUT2D eigenvalue weighted by Crippen LogP contribution is -2.35. The Labute approximate surface area is 84.4 Å². The maximum absolute atomic E-state index is 11.5. The minimum Gasteiger partial charge on any atom is -0.277 e. The average Bonchev–Trinajstić information content (AvgIpc) is 2.63. The van der Waals surface area contributed by atoms with Crippen LogP contribution in [0.2, 0.25) is 0 Å². The summed E-state index contributed by atoms with van der Waals surface area (Å²) < 4.78 is 0. The predicted molar refractivity (Wildman–Crippen MR) is 46.9 cm³/mol. The van der Waals surface area contributed by atoms with Gasteiger partial charge in [0.25, 0.3) is 23.6 Å². The van der Waals surface area contributed by atoms with Gasteiger partial charge in [0.2, 0.25) is 0 Å². The maximum atomic E-state index is 11.5. The van der Waals surface area contributed by atoms with Crippen molar-refractivity contribution in [3.8, 4) is 0 Å². The standard InChI is InChI=1S/C9H6N2O4/c1-10-8(14)4-5(9(10)15)11-6(12)2-3-7(11)13/h2-4H,1H3. The van der Waals surface area contributed by atoms with Crippen molar-refractivity contribution >= 4 is 23.6 Å². The smallest absolute Gasteiger partial charge is 0.277 e. The van der Waals surface area contributed by atoms with E-state index in [0.717, 1.165) is 23.1 Å². The van der Waals surface area contributed by atoms with Crippen molar-refractivity contribution in [2.75, 3.05) is 7.05 Å². The lowest BCUT2D eigenvalue weighted by atomic mass is 10.3. The van der Waals surface area contributed by atoms with Gasteiger partial charge < -0.3 is 0 Å². The molecular formula is C9H6N2O4. The number of hydrogen-bond acceptors (Lipinski definition) is 4. The Bertz CT molecular complexity index is 443. The van der Waals surface area contributed by atoms with E-state index in [4.69, 9.17) is 0 Å². The van der Waals surface area contributed by atoms with Gasteiger partial charge in [-0.05, 0) is 0 Å². The predicted octanol–water partition coefficient (Wildman–Crippen LogP) is -1.21. The van der Waals surface area contributed by atoms with Gasteiger partial charge in [-0.1, -0.05) is 0 Å². The average molecular weight is 206 g/mol. The summed E-state index contributed by atoms with van der Waals surface area (Å²) >= 11 is 0. The third kappa shape index (κ3) is 1.18. The zero-order chi connectivity index (χ0) is 11.2. The van der Waals surface area contributed by atoms with Gasteiger partial charge in [0.1, 0.15) is 5.70 Å². The van der Waals surface area contributed by atoms with Crippen LogP contribution in [0.25, 0.3) is 0 Å². The molecule has 0 bridgehead atoms. The second kappa shape index (κ2) is 2.88. The first-order chi connectivity index (χ1) is 7.02. The van der Waals surface area contributed by atoms with E-state index >= 15 is 0 Å². The monoisotopic (exact) mass is 206 g/mol. The second-order valence-corrected chi connectivity index (χ2v) is 3.08. The highest BCUT2D eigenvalue weighted by atomic mass is 16.2. The summed E-state index contributed by atoms with van der Waals surface area (Å²) in [5.41, 5.74) is -0.192. The molecule has 6 nitrogen and oxygen atoms in total. The van der Waals surface area contributed by atoms with Crippen LogP contribution in [0.4, 0.5) is 0 Å². The van der Waals surface area contributed by atoms with Crippen LogP contribution < -0.4 is 0 Å². The molecule has 2 aliphatic heterocycles. The quantitative estimate of drug-likeness (QED) is 0.505. The molecule has 2 aliphatic rings. The van der Waals surface area contributed by atoms with Crippen molar-refractivity contribution in [3.63, 3.8) is 0 Å². The number of amides is 4. The van der Waals surface area contributed by atoms with E-state index in [1.807, 2.05) is 0 Å². The lowest BCUT2D eigenvalue weighted by Gasteiger charge is -2.14. The molecule has 0 aromatic heterocycles. The van der Waals surface area contributed by atoms with Crippen molar-refractivity contribution in [2.45, 2.75) is 0 Å². The third-order valence-electron chi connectivity index (χ3n) is 2.16. The molecule has 2 rings (SSSR count). The van der Waals surface area contributed by atoms with Gasteiger partial charge in [-0.25, -0.2) is 4.90 Å². The van der Waals surface area contributed by atoms with Gasteiger partial charge in [-0.15, -0.1) is 0 Å². The minimum absolute atomic E-state index is 0.192. The molecule has 0 saturated carbocycles. The molecular weight excluding hydrogens is 200 g/mol. The fourth-order valence-corrected chi connectivity index (χ4v) is 1.35. The zero-order valence-corrected chi connectivity index (χ0v) is 7.76. The first-order valence-corrected chi connectivity index (χ1v) is 4.12. The van der Waals surface area contributed by atoms with E-state index in [1.54, 1.807) is 0 Å². The van der Waals surface area contributed by atoms with E-state index in [2.05, 4.69) is 0 Å². The highest BCUT2D eigenvalue weighted by Gasteiger charge is 2.38. The first kappa shape index (κ1) is 9.32. The summed E-state index contributed by atoms with van der Waals surface area (Å²) in [5.74, 6) is -2.40. The van der Waals surface area contributed by atoms with Crippen LogP contribution in [0, 0.1) is 0 Å². The second-order valence-electron chi connectivity index (χ2n) is 3.08.